The Bertz CT molecular complexity index is 972. The molecule has 0 amide bonds. The predicted molar refractivity (Wildman–Crippen MR) is 114 cm³/mol. The summed E-state index contributed by atoms with van der Waals surface area (Å²) in [6.07, 6.45) is 1.88. The van der Waals surface area contributed by atoms with E-state index in [2.05, 4.69) is 47.5 Å². The molecule has 1 unspecified atom stereocenters. The summed E-state index contributed by atoms with van der Waals surface area (Å²) in [7, 11) is 1.71. The van der Waals surface area contributed by atoms with Gasteiger partial charge in [-0.15, -0.1) is 0 Å². The molecule has 0 spiro atoms. The van der Waals surface area contributed by atoms with Gasteiger partial charge in [-0.25, -0.2) is 4.98 Å². The molecule has 1 atom stereocenters. The molecule has 5 heteroatoms. The number of hydrogen-bond acceptors (Lipinski definition) is 5. The number of para-hydroxylation sites is 2. The number of methoxy groups -OCH3 is 1. The van der Waals surface area contributed by atoms with Crippen molar-refractivity contribution in [3.8, 4) is 5.75 Å². The fourth-order valence-electron chi connectivity index (χ4n) is 3.86. The molecule has 0 saturated heterocycles. The van der Waals surface area contributed by atoms with Crippen molar-refractivity contribution in [2.75, 3.05) is 23.9 Å². The Morgan fingerprint density at radius 1 is 1.11 bits per heavy atom. The third kappa shape index (κ3) is 3.65. The number of rotatable bonds is 6. The third-order valence-electron chi connectivity index (χ3n) is 5.16. The summed E-state index contributed by atoms with van der Waals surface area (Å²) in [6, 6.07) is 19.0. The molecule has 2 aromatic carbocycles. The van der Waals surface area contributed by atoms with Gasteiger partial charge in [-0.3, -0.25) is 0 Å². The van der Waals surface area contributed by atoms with Crippen LogP contribution in [-0.4, -0.2) is 29.7 Å². The summed E-state index contributed by atoms with van der Waals surface area (Å²) < 4.78 is 5.44. The van der Waals surface area contributed by atoms with Gasteiger partial charge in [-0.1, -0.05) is 36.4 Å². The van der Waals surface area contributed by atoms with Crippen LogP contribution in [0.2, 0.25) is 0 Å². The second kappa shape index (κ2) is 7.89. The standard InChI is InChI=1S/C23H26N4O/c1-16-14-22(24-13-12-18-8-5-7-11-21(18)28-3)26-23(25-16)27-17(2)15-19-9-4-6-10-20(19)27/h4-11,14,17H,12-13,15H2,1-3H3,(H,24,25,26). The minimum atomic E-state index is 0.348. The van der Waals surface area contributed by atoms with Gasteiger partial charge in [-0.05, 0) is 49.9 Å². The van der Waals surface area contributed by atoms with Crippen LogP contribution in [0, 0.1) is 6.92 Å². The molecule has 144 valence electrons. The van der Waals surface area contributed by atoms with Gasteiger partial charge in [0, 0.05) is 30.0 Å². The van der Waals surface area contributed by atoms with Crippen LogP contribution in [0.25, 0.3) is 0 Å². The molecule has 1 aliphatic heterocycles. The lowest BCUT2D eigenvalue weighted by molar-refractivity contribution is 0.410. The minimum absolute atomic E-state index is 0.348. The molecule has 3 aromatic rings. The number of hydrogen-bond donors (Lipinski definition) is 1. The van der Waals surface area contributed by atoms with Crippen molar-refractivity contribution in [2.24, 2.45) is 0 Å². The monoisotopic (exact) mass is 374 g/mol. The highest BCUT2D eigenvalue weighted by atomic mass is 16.5. The summed E-state index contributed by atoms with van der Waals surface area (Å²) in [4.78, 5) is 11.8. The maximum Gasteiger partial charge on any atom is 0.232 e. The Morgan fingerprint density at radius 2 is 1.89 bits per heavy atom. The van der Waals surface area contributed by atoms with Crippen LogP contribution in [0.4, 0.5) is 17.5 Å². The maximum atomic E-state index is 5.44. The van der Waals surface area contributed by atoms with Crippen LogP contribution in [0.3, 0.4) is 0 Å². The van der Waals surface area contributed by atoms with Gasteiger partial charge in [0.25, 0.3) is 0 Å². The molecular weight excluding hydrogens is 348 g/mol. The van der Waals surface area contributed by atoms with Crippen molar-refractivity contribution in [1.82, 2.24) is 9.97 Å². The first kappa shape index (κ1) is 18.3. The van der Waals surface area contributed by atoms with Crippen molar-refractivity contribution in [3.05, 3.63) is 71.4 Å². The van der Waals surface area contributed by atoms with Crippen LogP contribution in [0.15, 0.2) is 54.6 Å². The highest BCUT2D eigenvalue weighted by molar-refractivity contribution is 5.67. The summed E-state index contributed by atoms with van der Waals surface area (Å²) >= 11 is 0. The molecule has 1 aliphatic rings. The van der Waals surface area contributed by atoms with E-state index in [1.54, 1.807) is 7.11 Å². The van der Waals surface area contributed by atoms with Crippen LogP contribution in [0.5, 0.6) is 5.75 Å². The third-order valence-corrected chi connectivity index (χ3v) is 5.16. The Morgan fingerprint density at radius 3 is 2.75 bits per heavy atom. The first-order chi connectivity index (χ1) is 13.7. The number of benzene rings is 2. The van der Waals surface area contributed by atoms with E-state index in [9.17, 15) is 0 Å². The van der Waals surface area contributed by atoms with E-state index < -0.39 is 0 Å². The zero-order chi connectivity index (χ0) is 19.5. The zero-order valence-electron chi connectivity index (χ0n) is 16.6. The van der Waals surface area contributed by atoms with E-state index in [0.29, 0.717) is 6.04 Å². The Balaban J connectivity index is 1.52. The molecule has 2 heterocycles. The Kier molecular flexibility index (Phi) is 5.15. The largest absolute Gasteiger partial charge is 0.496 e. The normalized spacial score (nSPS) is 15.4. The number of ether oxygens (including phenoxy) is 1. The van der Waals surface area contributed by atoms with E-state index in [-0.39, 0.29) is 0 Å². The number of anilines is 3. The molecule has 0 saturated carbocycles. The maximum absolute atomic E-state index is 5.44. The minimum Gasteiger partial charge on any atom is -0.496 e. The van der Waals surface area contributed by atoms with Crippen molar-refractivity contribution in [3.63, 3.8) is 0 Å². The van der Waals surface area contributed by atoms with Crippen molar-refractivity contribution >= 4 is 17.5 Å². The van der Waals surface area contributed by atoms with E-state index >= 15 is 0 Å². The average Bonchev–Trinajstić information content (AvgIpc) is 3.03. The van der Waals surface area contributed by atoms with Gasteiger partial charge in [0.15, 0.2) is 0 Å². The quantitative estimate of drug-likeness (QED) is 0.687. The van der Waals surface area contributed by atoms with Crippen LogP contribution < -0.4 is 15.0 Å². The first-order valence-electron chi connectivity index (χ1n) is 9.74. The summed E-state index contributed by atoms with van der Waals surface area (Å²) in [5, 5.41) is 3.45. The number of aromatic nitrogens is 2. The predicted octanol–water partition coefficient (Wildman–Crippen LogP) is 4.53. The molecule has 4 rings (SSSR count). The molecular formula is C23H26N4O. The van der Waals surface area contributed by atoms with Gasteiger partial charge in [0.05, 0.1) is 7.11 Å². The zero-order valence-corrected chi connectivity index (χ0v) is 16.6. The fraction of sp³-hybridized carbons (Fsp3) is 0.304. The SMILES string of the molecule is COc1ccccc1CCNc1cc(C)nc(N2c3ccccc3CC2C)n1. The second-order valence-electron chi connectivity index (χ2n) is 7.24. The molecule has 0 fully saturated rings. The number of nitrogens with one attached hydrogen (secondary N) is 1. The number of aryl methyl sites for hydroxylation is 1. The van der Waals surface area contributed by atoms with Crippen molar-refractivity contribution in [2.45, 2.75) is 32.7 Å². The van der Waals surface area contributed by atoms with E-state index in [1.165, 1.54) is 16.8 Å². The molecule has 28 heavy (non-hydrogen) atoms. The lowest BCUT2D eigenvalue weighted by Crippen LogP contribution is -2.26. The fourth-order valence-corrected chi connectivity index (χ4v) is 3.86. The van der Waals surface area contributed by atoms with Gasteiger partial charge < -0.3 is 15.0 Å². The smallest absolute Gasteiger partial charge is 0.232 e. The van der Waals surface area contributed by atoms with Crippen molar-refractivity contribution < 1.29 is 4.74 Å². The molecule has 0 bridgehead atoms. The highest BCUT2D eigenvalue weighted by Gasteiger charge is 2.28. The van der Waals surface area contributed by atoms with E-state index in [0.717, 1.165) is 42.6 Å². The van der Waals surface area contributed by atoms with Gasteiger partial charge in [-0.2, -0.15) is 4.98 Å². The number of fused-ring (bicyclic) bond motifs is 1. The van der Waals surface area contributed by atoms with Crippen LogP contribution in [0.1, 0.15) is 23.7 Å². The summed E-state index contributed by atoms with van der Waals surface area (Å²) in [5.74, 6) is 2.54. The van der Waals surface area contributed by atoms with E-state index in [1.807, 2.05) is 31.2 Å². The molecule has 0 aliphatic carbocycles. The van der Waals surface area contributed by atoms with Crippen LogP contribution >= 0.6 is 0 Å². The average molecular weight is 374 g/mol. The Labute approximate surface area is 166 Å². The molecule has 1 aromatic heterocycles. The first-order valence-corrected chi connectivity index (χ1v) is 9.74. The molecule has 1 N–H and O–H groups in total. The van der Waals surface area contributed by atoms with Crippen LogP contribution in [-0.2, 0) is 12.8 Å². The lowest BCUT2D eigenvalue weighted by atomic mass is 10.1. The van der Waals surface area contributed by atoms with E-state index in [4.69, 9.17) is 14.7 Å². The molecule has 0 radical (unpaired) electrons. The lowest BCUT2D eigenvalue weighted by Gasteiger charge is -2.23. The summed E-state index contributed by atoms with van der Waals surface area (Å²) in [6.45, 7) is 5.02. The van der Waals surface area contributed by atoms with Crippen molar-refractivity contribution in [1.29, 1.82) is 0 Å². The Hall–Kier alpha value is -3.08. The van der Waals surface area contributed by atoms with Gasteiger partial charge in [0.1, 0.15) is 11.6 Å². The topological polar surface area (TPSA) is 50.3 Å². The number of nitrogens with zero attached hydrogens (tertiary/aromatic N) is 3. The van der Waals surface area contributed by atoms with Gasteiger partial charge >= 0.3 is 0 Å². The highest BCUT2D eigenvalue weighted by Crippen LogP contribution is 2.36. The summed E-state index contributed by atoms with van der Waals surface area (Å²) in [5.41, 5.74) is 4.71. The molecule has 5 nitrogen and oxygen atoms in total. The van der Waals surface area contributed by atoms with Gasteiger partial charge in [0.2, 0.25) is 5.95 Å². The second-order valence-corrected chi connectivity index (χ2v) is 7.24.